The summed E-state index contributed by atoms with van der Waals surface area (Å²) in [6.07, 6.45) is 3.68. The van der Waals surface area contributed by atoms with E-state index in [1.807, 2.05) is 45.1 Å². The predicted octanol–water partition coefficient (Wildman–Crippen LogP) is 4.02. The van der Waals surface area contributed by atoms with Gasteiger partial charge in [-0.05, 0) is 54.6 Å². The molecule has 30 heavy (non-hydrogen) atoms. The Labute approximate surface area is 177 Å². The van der Waals surface area contributed by atoms with Crippen molar-refractivity contribution in [2.24, 2.45) is 0 Å². The Morgan fingerprint density at radius 3 is 2.87 bits per heavy atom. The van der Waals surface area contributed by atoms with Gasteiger partial charge >= 0.3 is 0 Å². The van der Waals surface area contributed by atoms with Gasteiger partial charge in [0.2, 0.25) is 0 Å². The molecule has 0 aliphatic carbocycles. The van der Waals surface area contributed by atoms with Crippen LogP contribution in [0, 0.1) is 0 Å². The first-order valence-corrected chi connectivity index (χ1v) is 10.6. The molecule has 1 N–H and O–H groups in total. The maximum absolute atomic E-state index is 13.3. The van der Waals surface area contributed by atoms with Crippen molar-refractivity contribution < 1.29 is 9.59 Å². The molecule has 150 valence electrons. The molecule has 4 heterocycles. The van der Waals surface area contributed by atoms with E-state index in [9.17, 15) is 9.59 Å². The molecule has 1 saturated heterocycles. The lowest BCUT2D eigenvalue weighted by Crippen LogP contribution is -2.31. The Balaban J connectivity index is 1.39. The zero-order valence-electron chi connectivity index (χ0n) is 16.1. The molecule has 1 fully saturated rings. The van der Waals surface area contributed by atoms with Crippen LogP contribution in [0.5, 0.6) is 0 Å². The molecule has 1 aliphatic heterocycles. The third-order valence-corrected chi connectivity index (χ3v) is 6.13. The molecule has 4 aromatic rings. The van der Waals surface area contributed by atoms with Crippen molar-refractivity contribution in [2.75, 3.05) is 11.9 Å². The standard InChI is InChI=1S/C22H19N5O2S/c28-21(18-9-5-13-30-18)23-16-7-3-6-15(14-16)22(29)26-12-4-8-17(26)20-25-24-19-10-1-2-11-27(19)20/h1-3,5-7,9-11,13-14,17H,4,8,12H2,(H,23,28)/t17-/m0/s1. The maximum atomic E-state index is 13.3. The number of amides is 2. The topological polar surface area (TPSA) is 79.6 Å². The number of pyridine rings is 1. The molecule has 0 saturated carbocycles. The minimum absolute atomic E-state index is 0.0718. The van der Waals surface area contributed by atoms with Crippen LogP contribution in [-0.4, -0.2) is 37.9 Å². The van der Waals surface area contributed by atoms with Crippen LogP contribution in [0.3, 0.4) is 0 Å². The summed E-state index contributed by atoms with van der Waals surface area (Å²) in [5, 5.41) is 13.3. The van der Waals surface area contributed by atoms with E-state index in [1.165, 1.54) is 11.3 Å². The molecule has 2 amide bonds. The van der Waals surface area contributed by atoms with E-state index >= 15 is 0 Å². The number of hydrogen-bond donors (Lipinski definition) is 1. The van der Waals surface area contributed by atoms with E-state index in [2.05, 4.69) is 15.5 Å². The van der Waals surface area contributed by atoms with Gasteiger partial charge in [0, 0.05) is 24.0 Å². The number of anilines is 1. The zero-order chi connectivity index (χ0) is 20.5. The summed E-state index contributed by atoms with van der Waals surface area (Å²) in [6.45, 7) is 0.664. The number of fused-ring (bicyclic) bond motifs is 1. The molecule has 1 aliphatic rings. The summed E-state index contributed by atoms with van der Waals surface area (Å²) in [4.78, 5) is 28.1. The van der Waals surface area contributed by atoms with Gasteiger partial charge in [0.1, 0.15) is 0 Å². The molecule has 0 unspecified atom stereocenters. The van der Waals surface area contributed by atoms with Gasteiger partial charge in [0.15, 0.2) is 11.5 Å². The largest absolute Gasteiger partial charge is 0.328 e. The fourth-order valence-corrected chi connectivity index (χ4v) is 4.48. The number of rotatable bonds is 4. The van der Waals surface area contributed by atoms with Crippen LogP contribution in [0.2, 0.25) is 0 Å². The highest BCUT2D eigenvalue weighted by Crippen LogP contribution is 2.32. The second kappa shape index (κ2) is 7.72. The van der Waals surface area contributed by atoms with Crippen molar-refractivity contribution in [3.63, 3.8) is 0 Å². The number of carbonyl (C=O) groups excluding carboxylic acids is 2. The first-order valence-electron chi connectivity index (χ1n) is 9.76. The smallest absolute Gasteiger partial charge is 0.265 e. The van der Waals surface area contributed by atoms with Crippen LogP contribution in [0.15, 0.2) is 66.2 Å². The highest BCUT2D eigenvalue weighted by Gasteiger charge is 2.33. The summed E-state index contributed by atoms with van der Waals surface area (Å²) in [6, 6.07) is 16.3. The van der Waals surface area contributed by atoms with Gasteiger partial charge in [0.05, 0.1) is 10.9 Å². The molecule has 1 atom stereocenters. The van der Waals surface area contributed by atoms with Crippen LogP contribution in [-0.2, 0) is 0 Å². The van der Waals surface area contributed by atoms with Crippen molar-refractivity contribution >= 4 is 34.5 Å². The number of aromatic nitrogens is 3. The number of nitrogens with one attached hydrogen (secondary N) is 1. The van der Waals surface area contributed by atoms with Gasteiger partial charge in [-0.25, -0.2) is 0 Å². The average Bonchev–Trinajstić information content (AvgIpc) is 3.53. The van der Waals surface area contributed by atoms with Crippen LogP contribution in [0.1, 0.15) is 44.7 Å². The molecular formula is C22H19N5O2S. The van der Waals surface area contributed by atoms with E-state index in [4.69, 9.17) is 0 Å². The van der Waals surface area contributed by atoms with Crippen molar-refractivity contribution in [1.82, 2.24) is 19.5 Å². The molecule has 5 rings (SSSR count). The molecule has 0 radical (unpaired) electrons. The van der Waals surface area contributed by atoms with Gasteiger partial charge in [-0.1, -0.05) is 18.2 Å². The minimum atomic E-state index is -0.177. The van der Waals surface area contributed by atoms with Gasteiger partial charge in [-0.15, -0.1) is 21.5 Å². The third kappa shape index (κ3) is 3.35. The highest BCUT2D eigenvalue weighted by atomic mass is 32.1. The van der Waals surface area contributed by atoms with Crippen molar-refractivity contribution in [2.45, 2.75) is 18.9 Å². The number of benzene rings is 1. The van der Waals surface area contributed by atoms with Crippen molar-refractivity contribution in [3.05, 3.63) is 82.4 Å². The summed E-state index contributed by atoms with van der Waals surface area (Å²) in [5.74, 6) is 0.527. The Kier molecular flexibility index (Phi) is 4.76. The zero-order valence-corrected chi connectivity index (χ0v) is 16.9. The van der Waals surface area contributed by atoms with Crippen LogP contribution < -0.4 is 5.32 Å². The van der Waals surface area contributed by atoms with E-state index in [0.717, 1.165) is 24.3 Å². The number of likely N-dealkylation sites (tertiary alicyclic amines) is 1. The van der Waals surface area contributed by atoms with E-state index < -0.39 is 0 Å². The highest BCUT2D eigenvalue weighted by molar-refractivity contribution is 7.12. The summed E-state index contributed by atoms with van der Waals surface area (Å²) in [7, 11) is 0. The van der Waals surface area contributed by atoms with Crippen molar-refractivity contribution in [3.8, 4) is 0 Å². The summed E-state index contributed by atoms with van der Waals surface area (Å²) >= 11 is 1.38. The molecule has 0 bridgehead atoms. The quantitative estimate of drug-likeness (QED) is 0.544. The number of carbonyl (C=O) groups is 2. The first-order chi connectivity index (χ1) is 14.7. The van der Waals surface area contributed by atoms with Gasteiger partial charge in [0.25, 0.3) is 11.8 Å². The van der Waals surface area contributed by atoms with Crippen LogP contribution in [0.4, 0.5) is 5.69 Å². The number of thiophene rings is 1. The lowest BCUT2D eigenvalue weighted by Gasteiger charge is -2.23. The van der Waals surface area contributed by atoms with Gasteiger partial charge in [-0.3, -0.25) is 14.0 Å². The maximum Gasteiger partial charge on any atom is 0.265 e. The SMILES string of the molecule is O=C(Nc1cccc(C(=O)N2CCC[C@H]2c2nnc3ccccn23)c1)c1cccs1. The first kappa shape index (κ1) is 18.5. The Hall–Kier alpha value is -3.52. The molecule has 3 aromatic heterocycles. The normalized spacial score (nSPS) is 16.1. The monoisotopic (exact) mass is 417 g/mol. The molecule has 8 heteroatoms. The summed E-state index contributed by atoms with van der Waals surface area (Å²) in [5.41, 5.74) is 1.91. The molecular weight excluding hydrogens is 398 g/mol. The lowest BCUT2D eigenvalue weighted by molar-refractivity contribution is 0.0729. The van der Waals surface area contributed by atoms with Crippen LogP contribution >= 0.6 is 11.3 Å². The second-order valence-electron chi connectivity index (χ2n) is 7.16. The Bertz CT molecular complexity index is 1220. The Morgan fingerprint density at radius 1 is 1.07 bits per heavy atom. The molecule has 1 aromatic carbocycles. The predicted molar refractivity (Wildman–Crippen MR) is 115 cm³/mol. The average molecular weight is 417 g/mol. The van der Waals surface area contributed by atoms with E-state index in [-0.39, 0.29) is 17.9 Å². The number of nitrogens with zero attached hydrogens (tertiary/aromatic N) is 4. The fraction of sp³-hybridized carbons (Fsp3) is 0.182. The van der Waals surface area contributed by atoms with Gasteiger partial charge < -0.3 is 10.2 Å². The Morgan fingerprint density at radius 2 is 2.00 bits per heavy atom. The third-order valence-electron chi connectivity index (χ3n) is 5.26. The fourth-order valence-electron chi connectivity index (χ4n) is 3.86. The second-order valence-corrected chi connectivity index (χ2v) is 8.10. The lowest BCUT2D eigenvalue weighted by atomic mass is 10.1. The van der Waals surface area contributed by atoms with E-state index in [1.54, 1.807) is 30.3 Å². The van der Waals surface area contributed by atoms with Gasteiger partial charge in [-0.2, -0.15) is 0 Å². The van der Waals surface area contributed by atoms with Crippen molar-refractivity contribution in [1.29, 1.82) is 0 Å². The minimum Gasteiger partial charge on any atom is -0.328 e. The summed E-state index contributed by atoms with van der Waals surface area (Å²) < 4.78 is 1.94. The molecule has 0 spiro atoms. The van der Waals surface area contributed by atoms with Crippen LogP contribution in [0.25, 0.3) is 5.65 Å². The molecule has 7 nitrogen and oxygen atoms in total. The number of hydrogen-bond acceptors (Lipinski definition) is 5. The van der Waals surface area contributed by atoms with E-state index in [0.29, 0.717) is 22.7 Å².